The number of nitrogens with two attached hydrogens (primary N) is 2. The molecule has 0 aliphatic rings. The van der Waals surface area contributed by atoms with E-state index in [0.29, 0.717) is 6.07 Å². The van der Waals surface area contributed by atoms with E-state index in [1.165, 1.54) is 0 Å². The fourth-order valence-electron chi connectivity index (χ4n) is 0.848. The maximum absolute atomic E-state index is 12.4. The minimum atomic E-state index is -4.72. The summed E-state index contributed by atoms with van der Waals surface area (Å²) in [6, 6.07) is 0.602. The molecule has 0 atom stereocenters. The number of hydrogen-bond donors (Lipinski definition) is 2. The van der Waals surface area contributed by atoms with Crippen molar-refractivity contribution in [1.29, 1.82) is 0 Å². The van der Waals surface area contributed by atoms with Crippen LogP contribution in [0.1, 0.15) is 5.56 Å². The molecule has 82 valence electrons. The Balaban J connectivity index is 3.20. The van der Waals surface area contributed by atoms with Crippen LogP contribution in [0.2, 0.25) is 0 Å². The van der Waals surface area contributed by atoms with Gasteiger partial charge in [-0.3, -0.25) is 0 Å². The van der Waals surface area contributed by atoms with Gasteiger partial charge in [0.15, 0.2) is 0 Å². The summed E-state index contributed by atoms with van der Waals surface area (Å²) in [5.74, 6) is -0.913. The van der Waals surface area contributed by atoms with Crippen molar-refractivity contribution < 1.29 is 22.7 Å². The molecule has 0 aliphatic heterocycles. The summed E-state index contributed by atoms with van der Waals surface area (Å²) in [6.07, 6.45) is -5.17. The molecule has 0 unspecified atom stereocenters. The lowest BCUT2D eigenvalue weighted by molar-refractivity contribution is -0.138. The molecule has 1 aromatic heterocycles. The number of ether oxygens (including phenoxy) is 1. The van der Waals surface area contributed by atoms with Gasteiger partial charge >= 0.3 is 12.3 Å². The van der Waals surface area contributed by atoms with Crippen molar-refractivity contribution in [2.24, 2.45) is 5.73 Å². The number of hydrogen-bond acceptors (Lipinski definition) is 4. The fraction of sp³-hybridized carbons (Fsp3) is 0.143. The third-order valence-electron chi connectivity index (χ3n) is 1.37. The second-order valence-electron chi connectivity index (χ2n) is 2.54. The maximum atomic E-state index is 12.4. The summed E-state index contributed by atoms with van der Waals surface area (Å²) in [5, 5.41) is 0. The Morgan fingerprint density at radius 3 is 2.53 bits per heavy atom. The van der Waals surface area contributed by atoms with Gasteiger partial charge in [0.1, 0.15) is 5.56 Å². The molecule has 0 aromatic carbocycles. The molecule has 1 amide bonds. The zero-order valence-electron chi connectivity index (χ0n) is 7.21. The summed E-state index contributed by atoms with van der Waals surface area (Å²) < 4.78 is 41.1. The van der Waals surface area contributed by atoms with Crippen LogP contribution in [0.5, 0.6) is 5.88 Å². The van der Waals surface area contributed by atoms with Gasteiger partial charge in [-0.2, -0.15) is 13.2 Å². The standard InChI is InChI=1S/C7H6F3N3O2/c8-7(9,10)4-1-3(11)2-13-5(4)15-6(12)14/h1-2H,11H2,(H2,12,14). The van der Waals surface area contributed by atoms with Crippen molar-refractivity contribution in [3.63, 3.8) is 0 Å². The van der Waals surface area contributed by atoms with Crippen LogP contribution in [0.25, 0.3) is 0 Å². The lowest BCUT2D eigenvalue weighted by Gasteiger charge is -2.10. The molecule has 1 heterocycles. The van der Waals surface area contributed by atoms with Crippen LogP contribution >= 0.6 is 0 Å². The zero-order valence-corrected chi connectivity index (χ0v) is 7.21. The predicted octanol–water partition coefficient (Wildman–Crippen LogP) is 1.14. The van der Waals surface area contributed by atoms with E-state index in [2.05, 4.69) is 15.5 Å². The third kappa shape index (κ3) is 2.73. The van der Waals surface area contributed by atoms with E-state index in [0.717, 1.165) is 6.20 Å². The Labute approximate surface area is 81.8 Å². The molecule has 0 bridgehead atoms. The number of aromatic nitrogens is 1. The van der Waals surface area contributed by atoms with Crippen molar-refractivity contribution in [2.75, 3.05) is 5.73 Å². The number of primary amides is 1. The molecule has 0 radical (unpaired) electrons. The van der Waals surface area contributed by atoms with Crippen molar-refractivity contribution in [3.8, 4) is 5.88 Å². The van der Waals surface area contributed by atoms with Gasteiger partial charge in [0, 0.05) is 0 Å². The first-order chi connectivity index (χ1) is 6.80. The highest BCUT2D eigenvalue weighted by molar-refractivity contribution is 5.68. The number of nitrogens with zero attached hydrogens (tertiary/aromatic N) is 1. The molecule has 0 aliphatic carbocycles. The van der Waals surface area contributed by atoms with E-state index in [1.54, 1.807) is 0 Å². The second kappa shape index (κ2) is 3.64. The van der Waals surface area contributed by atoms with E-state index in [9.17, 15) is 18.0 Å². The molecule has 15 heavy (non-hydrogen) atoms. The van der Waals surface area contributed by atoms with E-state index in [1.807, 2.05) is 0 Å². The largest absolute Gasteiger partial charge is 0.421 e. The van der Waals surface area contributed by atoms with Crippen LogP contribution in [-0.2, 0) is 6.18 Å². The molecular weight excluding hydrogens is 215 g/mol. The predicted molar refractivity (Wildman–Crippen MR) is 43.9 cm³/mol. The van der Waals surface area contributed by atoms with Crippen LogP contribution < -0.4 is 16.2 Å². The summed E-state index contributed by atoms with van der Waals surface area (Å²) in [7, 11) is 0. The molecule has 1 aromatic rings. The van der Waals surface area contributed by atoms with E-state index < -0.39 is 23.7 Å². The summed E-state index contributed by atoms with van der Waals surface area (Å²) in [6.45, 7) is 0. The van der Waals surface area contributed by atoms with Gasteiger partial charge in [-0.1, -0.05) is 0 Å². The monoisotopic (exact) mass is 221 g/mol. The second-order valence-corrected chi connectivity index (χ2v) is 2.54. The Morgan fingerprint density at radius 2 is 2.07 bits per heavy atom. The minimum absolute atomic E-state index is 0.195. The number of carbonyl (C=O) groups is 1. The lowest BCUT2D eigenvalue weighted by atomic mass is 10.2. The number of halogens is 3. The van der Waals surface area contributed by atoms with Crippen molar-refractivity contribution in [3.05, 3.63) is 17.8 Å². The molecule has 0 saturated heterocycles. The van der Waals surface area contributed by atoms with Gasteiger partial charge in [-0.25, -0.2) is 9.78 Å². The Kier molecular flexibility index (Phi) is 2.69. The van der Waals surface area contributed by atoms with Crippen LogP contribution in [0.15, 0.2) is 12.3 Å². The fourth-order valence-corrected chi connectivity index (χ4v) is 0.848. The number of pyridine rings is 1. The highest BCUT2D eigenvalue weighted by atomic mass is 19.4. The quantitative estimate of drug-likeness (QED) is 0.743. The van der Waals surface area contributed by atoms with Crippen molar-refractivity contribution in [2.45, 2.75) is 6.18 Å². The first-order valence-corrected chi connectivity index (χ1v) is 3.60. The third-order valence-corrected chi connectivity index (χ3v) is 1.37. The van der Waals surface area contributed by atoms with E-state index in [4.69, 9.17) is 5.73 Å². The number of amides is 1. The highest BCUT2D eigenvalue weighted by Crippen LogP contribution is 2.35. The Bertz CT molecular complexity index is 392. The van der Waals surface area contributed by atoms with Crippen LogP contribution in [-0.4, -0.2) is 11.1 Å². The van der Waals surface area contributed by atoms with Crippen LogP contribution in [0, 0.1) is 0 Å². The molecule has 5 nitrogen and oxygen atoms in total. The average molecular weight is 221 g/mol. The van der Waals surface area contributed by atoms with Crippen LogP contribution in [0.4, 0.5) is 23.7 Å². The topological polar surface area (TPSA) is 91.2 Å². The molecular formula is C7H6F3N3O2. The number of carbonyl (C=O) groups excluding carboxylic acids is 1. The van der Waals surface area contributed by atoms with E-state index >= 15 is 0 Å². The number of alkyl halides is 3. The van der Waals surface area contributed by atoms with Gasteiger partial charge in [-0.05, 0) is 6.07 Å². The van der Waals surface area contributed by atoms with Gasteiger partial charge in [-0.15, -0.1) is 0 Å². The summed E-state index contributed by atoms with van der Waals surface area (Å²) in [4.78, 5) is 13.5. The summed E-state index contributed by atoms with van der Waals surface area (Å²) in [5.41, 5.74) is 8.25. The molecule has 1 rings (SSSR count). The Hall–Kier alpha value is -1.99. The first kappa shape index (κ1) is 11.1. The molecule has 8 heteroatoms. The average Bonchev–Trinajstić information content (AvgIpc) is 2.05. The number of nitrogen functional groups attached to an aromatic ring is 1. The maximum Gasteiger partial charge on any atom is 0.421 e. The molecule has 0 spiro atoms. The highest BCUT2D eigenvalue weighted by Gasteiger charge is 2.36. The van der Waals surface area contributed by atoms with Crippen LogP contribution in [0.3, 0.4) is 0 Å². The van der Waals surface area contributed by atoms with Gasteiger partial charge in [0.2, 0.25) is 5.88 Å². The van der Waals surface area contributed by atoms with E-state index in [-0.39, 0.29) is 5.69 Å². The molecule has 4 N–H and O–H groups in total. The lowest BCUT2D eigenvalue weighted by Crippen LogP contribution is -2.20. The molecule has 0 saturated carbocycles. The smallest absolute Gasteiger partial charge is 0.397 e. The first-order valence-electron chi connectivity index (χ1n) is 3.60. The number of anilines is 1. The SMILES string of the molecule is NC(=O)Oc1ncc(N)cc1C(F)(F)F. The summed E-state index contributed by atoms with van der Waals surface area (Å²) >= 11 is 0. The zero-order chi connectivity index (χ0) is 11.6. The normalized spacial score (nSPS) is 11.1. The Morgan fingerprint density at radius 1 is 1.47 bits per heavy atom. The minimum Gasteiger partial charge on any atom is -0.397 e. The van der Waals surface area contributed by atoms with Crippen molar-refractivity contribution in [1.82, 2.24) is 4.98 Å². The van der Waals surface area contributed by atoms with Gasteiger partial charge in [0.25, 0.3) is 0 Å². The van der Waals surface area contributed by atoms with Gasteiger partial charge < -0.3 is 16.2 Å². The number of rotatable bonds is 1. The van der Waals surface area contributed by atoms with Crippen molar-refractivity contribution >= 4 is 11.8 Å². The molecule has 0 fully saturated rings. The van der Waals surface area contributed by atoms with Gasteiger partial charge in [0.05, 0.1) is 11.9 Å².